The number of carboxylic acids is 1. The van der Waals surface area contributed by atoms with Crippen molar-refractivity contribution in [2.24, 2.45) is 0 Å². The Kier molecular flexibility index (Phi) is 6.15. The minimum atomic E-state index is -0.924. The van der Waals surface area contributed by atoms with Crippen LogP contribution in [0.4, 0.5) is 5.82 Å². The normalized spacial score (nSPS) is 14.6. The number of nitrogens with one attached hydrogen (secondary N) is 1. The highest BCUT2D eigenvalue weighted by atomic mass is 35.5. The summed E-state index contributed by atoms with van der Waals surface area (Å²) < 4.78 is 11.5. The summed E-state index contributed by atoms with van der Waals surface area (Å²) in [4.78, 5) is 32.8. The molecule has 5 rings (SSSR count). The number of aromatic nitrogens is 2. The van der Waals surface area contributed by atoms with E-state index in [2.05, 4.69) is 15.3 Å². The first kappa shape index (κ1) is 22.9. The van der Waals surface area contributed by atoms with Gasteiger partial charge in [-0.3, -0.25) is 14.6 Å². The minimum absolute atomic E-state index is 0.261. The number of aliphatic carboxylic acids is 1. The zero-order valence-electron chi connectivity index (χ0n) is 18.0. The lowest BCUT2D eigenvalue weighted by atomic mass is 9.93. The Morgan fingerprint density at radius 2 is 1.86 bits per heavy atom. The number of fused-ring (bicyclic) bond motifs is 2. The van der Waals surface area contributed by atoms with Gasteiger partial charge in [0.05, 0.1) is 34.8 Å². The molecule has 0 saturated heterocycles. The van der Waals surface area contributed by atoms with Crippen LogP contribution in [-0.2, 0) is 4.79 Å². The number of hydrogen-bond acceptors (Lipinski definition) is 6. The van der Waals surface area contributed by atoms with E-state index >= 15 is 0 Å². The molecule has 4 aromatic rings. The Balaban J connectivity index is 1.30. The Hall–Kier alpha value is -3.88. The first-order valence-corrected chi connectivity index (χ1v) is 11.3. The largest absolute Gasteiger partial charge is 0.493 e. The van der Waals surface area contributed by atoms with E-state index in [0.29, 0.717) is 63.3 Å². The first-order valence-electron chi connectivity index (χ1n) is 10.6. The van der Waals surface area contributed by atoms with Crippen molar-refractivity contribution in [3.63, 3.8) is 0 Å². The van der Waals surface area contributed by atoms with Crippen LogP contribution in [0, 0.1) is 0 Å². The smallest absolute Gasteiger partial charge is 0.311 e. The molecule has 1 unspecified atom stereocenters. The third-order valence-corrected chi connectivity index (χ3v) is 6.02. The fourth-order valence-corrected chi connectivity index (χ4v) is 4.14. The maximum Gasteiger partial charge on any atom is 0.311 e. The van der Waals surface area contributed by atoms with Crippen LogP contribution in [0.1, 0.15) is 28.3 Å². The topological polar surface area (TPSA) is 111 Å². The summed E-state index contributed by atoms with van der Waals surface area (Å²) in [6, 6.07) is 14.7. The van der Waals surface area contributed by atoms with E-state index < -0.39 is 11.9 Å². The number of anilines is 1. The lowest BCUT2D eigenvalue weighted by Gasteiger charge is -2.24. The second-order valence-electron chi connectivity index (χ2n) is 7.82. The summed E-state index contributed by atoms with van der Waals surface area (Å²) in [6.07, 6.45) is 1.85. The van der Waals surface area contributed by atoms with E-state index in [-0.39, 0.29) is 10.9 Å². The Morgan fingerprint density at radius 3 is 2.63 bits per heavy atom. The van der Waals surface area contributed by atoms with Gasteiger partial charge in [-0.25, -0.2) is 4.98 Å². The number of benzene rings is 3. The molecule has 0 saturated carbocycles. The summed E-state index contributed by atoms with van der Waals surface area (Å²) >= 11 is 12.3. The number of ether oxygens (including phenoxy) is 2. The van der Waals surface area contributed by atoms with Gasteiger partial charge in [0.25, 0.3) is 5.91 Å². The van der Waals surface area contributed by atoms with Crippen LogP contribution in [0.5, 0.6) is 17.2 Å². The molecule has 0 spiro atoms. The van der Waals surface area contributed by atoms with Crippen LogP contribution >= 0.6 is 23.2 Å². The van der Waals surface area contributed by atoms with Gasteiger partial charge in [0.15, 0.2) is 5.82 Å². The Morgan fingerprint density at radius 1 is 1.06 bits per heavy atom. The van der Waals surface area contributed by atoms with Crippen molar-refractivity contribution in [1.82, 2.24) is 9.97 Å². The monoisotopic (exact) mass is 509 g/mol. The van der Waals surface area contributed by atoms with Crippen molar-refractivity contribution in [1.29, 1.82) is 0 Å². The zero-order chi connectivity index (χ0) is 24.5. The van der Waals surface area contributed by atoms with Gasteiger partial charge < -0.3 is 19.9 Å². The molecule has 1 aliphatic rings. The molecule has 2 N–H and O–H groups in total. The standard InChI is InChI=1S/C25H17Cl2N3O5/c26-14-3-6-19-20(9-14)29-23(12-28-19)30-24(31)13-1-4-15(5-2-13)35-22-11-21-17(10-18(22)27)16(25(32)33)7-8-34-21/h1-6,9-12,16H,7-8H2,(H,32,33)(H,29,30,31). The highest BCUT2D eigenvalue weighted by molar-refractivity contribution is 6.32. The Bertz CT molecular complexity index is 1460. The number of halogens is 2. The molecule has 176 valence electrons. The second-order valence-corrected chi connectivity index (χ2v) is 8.66. The molecule has 0 bridgehead atoms. The zero-order valence-corrected chi connectivity index (χ0v) is 19.5. The highest BCUT2D eigenvalue weighted by Gasteiger charge is 2.29. The van der Waals surface area contributed by atoms with Crippen LogP contribution in [0.25, 0.3) is 11.0 Å². The van der Waals surface area contributed by atoms with Gasteiger partial charge in [0.1, 0.15) is 17.2 Å². The van der Waals surface area contributed by atoms with Crippen LogP contribution < -0.4 is 14.8 Å². The van der Waals surface area contributed by atoms with Crippen molar-refractivity contribution >= 4 is 51.9 Å². The van der Waals surface area contributed by atoms with Crippen LogP contribution in [0.3, 0.4) is 0 Å². The molecule has 0 aliphatic carbocycles. The summed E-state index contributed by atoms with van der Waals surface area (Å²) in [5, 5.41) is 12.9. The van der Waals surface area contributed by atoms with E-state index in [9.17, 15) is 14.7 Å². The van der Waals surface area contributed by atoms with Crippen LogP contribution in [0.2, 0.25) is 10.0 Å². The van der Waals surface area contributed by atoms with Crippen molar-refractivity contribution in [2.45, 2.75) is 12.3 Å². The first-order chi connectivity index (χ1) is 16.9. The van der Waals surface area contributed by atoms with Gasteiger partial charge in [-0.15, -0.1) is 0 Å². The molecule has 2 heterocycles. The summed E-state index contributed by atoms with van der Waals surface area (Å²) in [7, 11) is 0. The quantitative estimate of drug-likeness (QED) is 0.342. The number of carbonyl (C=O) groups excluding carboxylic acids is 1. The van der Waals surface area contributed by atoms with Gasteiger partial charge in [0, 0.05) is 22.2 Å². The molecule has 35 heavy (non-hydrogen) atoms. The van der Waals surface area contributed by atoms with Gasteiger partial charge >= 0.3 is 5.97 Å². The second kappa shape index (κ2) is 9.40. The third kappa shape index (κ3) is 4.84. The number of rotatable bonds is 5. The maximum atomic E-state index is 12.7. The average molecular weight is 510 g/mol. The third-order valence-electron chi connectivity index (χ3n) is 5.49. The molecule has 1 aliphatic heterocycles. The van der Waals surface area contributed by atoms with Crippen molar-refractivity contribution in [3.05, 3.63) is 82.0 Å². The number of amides is 1. The van der Waals surface area contributed by atoms with Gasteiger partial charge in [-0.1, -0.05) is 23.2 Å². The molecule has 10 heteroatoms. The van der Waals surface area contributed by atoms with Crippen molar-refractivity contribution < 1.29 is 24.2 Å². The summed E-state index contributed by atoms with van der Waals surface area (Å²) in [5.41, 5.74) is 2.14. The SMILES string of the molecule is O=C(Nc1cnc2ccc(Cl)cc2n1)c1ccc(Oc2cc3c(cc2Cl)C(C(=O)O)CCO3)cc1. The molecular weight excluding hydrogens is 493 g/mol. The van der Waals surface area contributed by atoms with Crippen LogP contribution in [-0.4, -0.2) is 33.6 Å². The van der Waals surface area contributed by atoms with E-state index in [1.54, 1.807) is 54.6 Å². The van der Waals surface area contributed by atoms with Crippen LogP contribution in [0.15, 0.2) is 60.8 Å². The van der Waals surface area contributed by atoms with E-state index in [0.717, 1.165) is 0 Å². The van der Waals surface area contributed by atoms with Gasteiger partial charge in [-0.2, -0.15) is 0 Å². The maximum absolute atomic E-state index is 12.7. The molecule has 0 fully saturated rings. The lowest BCUT2D eigenvalue weighted by Crippen LogP contribution is -2.20. The summed E-state index contributed by atoms with van der Waals surface area (Å²) in [5.74, 6) is -0.485. The Labute approximate surface area is 209 Å². The highest BCUT2D eigenvalue weighted by Crippen LogP contribution is 2.41. The number of hydrogen-bond donors (Lipinski definition) is 2. The number of nitrogens with zero attached hydrogens (tertiary/aromatic N) is 2. The van der Waals surface area contributed by atoms with E-state index in [4.69, 9.17) is 32.7 Å². The molecule has 1 atom stereocenters. The predicted octanol–water partition coefficient (Wildman–Crippen LogP) is 5.93. The molecule has 8 nitrogen and oxygen atoms in total. The molecule has 1 amide bonds. The fourth-order valence-electron chi connectivity index (χ4n) is 3.76. The summed E-state index contributed by atoms with van der Waals surface area (Å²) in [6.45, 7) is 0.295. The van der Waals surface area contributed by atoms with Crippen molar-refractivity contribution in [2.75, 3.05) is 11.9 Å². The molecule has 3 aromatic carbocycles. The number of carboxylic acid groups (broad SMARTS) is 1. The fraction of sp³-hybridized carbons (Fsp3) is 0.120. The van der Waals surface area contributed by atoms with Crippen molar-refractivity contribution in [3.8, 4) is 17.2 Å². The van der Waals surface area contributed by atoms with Gasteiger partial charge in [-0.05, 0) is 55.0 Å². The molecular formula is C25H17Cl2N3O5. The number of carbonyl (C=O) groups is 2. The van der Waals surface area contributed by atoms with Gasteiger partial charge in [0.2, 0.25) is 0 Å². The minimum Gasteiger partial charge on any atom is -0.493 e. The lowest BCUT2D eigenvalue weighted by molar-refractivity contribution is -0.139. The average Bonchev–Trinajstić information content (AvgIpc) is 2.84. The molecule has 1 aromatic heterocycles. The predicted molar refractivity (Wildman–Crippen MR) is 131 cm³/mol. The molecule has 0 radical (unpaired) electrons. The van der Waals surface area contributed by atoms with E-state index in [1.807, 2.05) is 0 Å². The van der Waals surface area contributed by atoms with E-state index in [1.165, 1.54) is 6.20 Å².